The Morgan fingerprint density at radius 2 is 1.62 bits per heavy atom. The zero-order valence-corrected chi connectivity index (χ0v) is 24.1. The number of thiophene rings is 1. The molecule has 202 valence electrons. The second kappa shape index (κ2) is 11.9. The molecule has 6 rings (SSSR count). The van der Waals surface area contributed by atoms with Gasteiger partial charge in [-0.25, -0.2) is 0 Å². The van der Waals surface area contributed by atoms with Crippen molar-refractivity contribution in [2.75, 3.05) is 7.05 Å². The van der Waals surface area contributed by atoms with Crippen LogP contribution >= 0.6 is 22.9 Å². The van der Waals surface area contributed by atoms with Crippen molar-refractivity contribution < 1.29 is 4.79 Å². The van der Waals surface area contributed by atoms with Crippen molar-refractivity contribution in [2.24, 2.45) is 0 Å². The minimum Gasteiger partial charge on any atom is -0.331 e. The fourth-order valence-corrected chi connectivity index (χ4v) is 7.20. The van der Waals surface area contributed by atoms with Crippen LogP contribution in [0.25, 0.3) is 32.3 Å². The number of amides is 1. The number of halogens is 1. The maximum absolute atomic E-state index is 14.1. The largest absolute Gasteiger partial charge is 0.331 e. The summed E-state index contributed by atoms with van der Waals surface area (Å²) in [6.45, 7) is 0.564. The van der Waals surface area contributed by atoms with Crippen molar-refractivity contribution in [1.82, 2.24) is 15.2 Å². The second-order valence-electron chi connectivity index (χ2n) is 10.5. The van der Waals surface area contributed by atoms with Gasteiger partial charge in [0.15, 0.2) is 0 Å². The molecule has 0 aliphatic heterocycles. The molecule has 2 heterocycles. The van der Waals surface area contributed by atoms with E-state index in [1.54, 1.807) is 6.20 Å². The first-order valence-electron chi connectivity index (χ1n) is 13.9. The molecule has 0 saturated heterocycles. The summed E-state index contributed by atoms with van der Waals surface area (Å²) in [7, 11) is 2.03. The van der Waals surface area contributed by atoms with Gasteiger partial charge in [0.1, 0.15) is 4.88 Å². The quantitative estimate of drug-likeness (QED) is 0.215. The fraction of sp³-hybridized carbons (Fsp3) is 0.235. The van der Waals surface area contributed by atoms with Gasteiger partial charge in [0, 0.05) is 46.7 Å². The predicted molar refractivity (Wildman–Crippen MR) is 167 cm³/mol. The molecular formula is C34H32ClN3OS. The minimum atomic E-state index is 0.0346. The van der Waals surface area contributed by atoms with E-state index in [1.807, 2.05) is 43.6 Å². The van der Waals surface area contributed by atoms with Crippen LogP contribution in [-0.4, -0.2) is 34.9 Å². The molecule has 0 spiro atoms. The molecule has 0 unspecified atom stereocenters. The van der Waals surface area contributed by atoms with E-state index in [1.165, 1.54) is 11.3 Å². The second-order valence-corrected chi connectivity index (χ2v) is 11.9. The lowest BCUT2D eigenvalue weighted by molar-refractivity contribution is 0.0606. The summed E-state index contributed by atoms with van der Waals surface area (Å²) in [5.41, 5.74) is 5.66. The predicted octanol–water partition coefficient (Wildman–Crippen LogP) is 8.46. The van der Waals surface area contributed by atoms with Gasteiger partial charge < -0.3 is 10.2 Å². The van der Waals surface area contributed by atoms with Gasteiger partial charge in [0.05, 0.1) is 5.02 Å². The Morgan fingerprint density at radius 3 is 2.33 bits per heavy atom. The molecule has 0 radical (unpaired) electrons. The molecular weight excluding hydrogens is 534 g/mol. The molecule has 1 saturated carbocycles. The molecule has 1 amide bonds. The number of aromatic nitrogens is 1. The smallest absolute Gasteiger partial charge is 0.266 e. The summed E-state index contributed by atoms with van der Waals surface area (Å²) in [5.74, 6) is 0.0346. The average Bonchev–Trinajstić information content (AvgIpc) is 3.36. The third kappa shape index (κ3) is 5.55. The molecule has 0 bridgehead atoms. The minimum absolute atomic E-state index is 0.0346. The van der Waals surface area contributed by atoms with Crippen molar-refractivity contribution in [2.45, 2.75) is 44.3 Å². The summed E-state index contributed by atoms with van der Waals surface area (Å²) in [6.07, 6.45) is 7.79. The number of pyridine rings is 1. The lowest BCUT2D eigenvalue weighted by Crippen LogP contribution is -2.44. The van der Waals surface area contributed by atoms with Gasteiger partial charge in [-0.15, -0.1) is 11.3 Å². The van der Waals surface area contributed by atoms with Crippen LogP contribution < -0.4 is 5.32 Å². The van der Waals surface area contributed by atoms with Crippen LogP contribution in [0, 0.1) is 0 Å². The topological polar surface area (TPSA) is 45.2 Å². The molecule has 40 heavy (non-hydrogen) atoms. The number of carbonyl (C=O) groups excluding carboxylic acids is 1. The van der Waals surface area contributed by atoms with E-state index < -0.39 is 0 Å². The summed E-state index contributed by atoms with van der Waals surface area (Å²) in [4.78, 5) is 21.1. The van der Waals surface area contributed by atoms with Crippen LogP contribution in [-0.2, 0) is 6.54 Å². The molecule has 0 atom stereocenters. The van der Waals surface area contributed by atoms with E-state index in [9.17, 15) is 4.79 Å². The van der Waals surface area contributed by atoms with Crippen molar-refractivity contribution in [1.29, 1.82) is 0 Å². The number of fused-ring (bicyclic) bond motifs is 1. The van der Waals surface area contributed by atoms with Gasteiger partial charge in [0.25, 0.3) is 5.91 Å². The Balaban J connectivity index is 1.27. The van der Waals surface area contributed by atoms with E-state index in [0.717, 1.165) is 63.6 Å². The van der Waals surface area contributed by atoms with Crippen molar-refractivity contribution in [3.05, 3.63) is 113 Å². The number of carbonyl (C=O) groups is 1. The number of benzene rings is 3. The number of hydrogen-bond donors (Lipinski definition) is 1. The third-order valence-corrected chi connectivity index (χ3v) is 9.70. The Hall–Kier alpha value is -3.51. The zero-order valence-electron chi connectivity index (χ0n) is 22.5. The number of nitrogens with zero attached hydrogens (tertiary/aromatic N) is 2. The molecule has 5 aromatic rings. The highest BCUT2D eigenvalue weighted by Gasteiger charge is 2.31. The zero-order chi connectivity index (χ0) is 27.5. The standard InChI is InChI=1S/C34H32ClN3OS/c1-36-28-15-17-29(18-16-28)38(34(39)33-32(35)30-9-2-3-10-31(30)40-33)22-23-11-13-24(14-12-23)25-6-4-7-26(20-25)27-8-5-19-37-21-27/h2-14,19-21,28-29,36H,15-18,22H2,1H3. The molecule has 6 heteroatoms. The highest BCUT2D eigenvalue weighted by molar-refractivity contribution is 7.21. The van der Waals surface area contributed by atoms with Crippen molar-refractivity contribution in [3.8, 4) is 22.3 Å². The third-order valence-electron chi connectivity index (χ3n) is 8.03. The maximum atomic E-state index is 14.1. The van der Waals surface area contributed by atoms with Gasteiger partial charge >= 0.3 is 0 Å². The molecule has 1 N–H and O–H groups in total. The van der Waals surface area contributed by atoms with E-state index >= 15 is 0 Å². The molecule has 3 aromatic carbocycles. The average molecular weight is 566 g/mol. The van der Waals surface area contributed by atoms with E-state index in [4.69, 9.17) is 11.6 Å². The van der Waals surface area contributed by atoms with Crippen LogP contribution in [0.3, 0.4) is 0 Å². The number of rotatable bonds is 7. The lowest BCUT2D eigenvalue weighted by Gasteiger charge is -2.37. The Kier molecular flexibility index (Phi) is 7.96. The molecule has 4 nitrogen and oxygen atoms in total. The SMILES string of the molecule is CNC1CCC(N(Cc2ccc(-c3cccc(-c4cccnc4)c3)cc2)C(=O)c2sc3ccccc3c2Cl)CC1. The number of hydrogen-bond acceptors (Lipinski definition) is 4. The van der Waals surface area contributed by atoms with E-state index in [-0.39, 0.29) is 11.9 Å². The van der Waals surface area contributed by atoms with Crippen LogP contribution in [0.5, 0.6) is 0 Å². The number of nitrogens with one attached hydrogen (secondary N) is 1. The molecule has 1 aliphatic rings. The monoisotopic (exact) mass is 565 g/mol. The molecule has 1 fully saturated rings. The summed E-state index contributed by atoms with van der Waals surface area (Å²) >= 11 is 8.28. The Bertz CT molecular complexity index is 1610. The Labute approximate surface area is 244 Å². The summed E-state index contributed by atoms with van der Waals surface area (Å²) < 4.78 is 1.05. The molecule has 2 aromatic heterocycles. The fourth-order valence-electron chi connectivity index (χ4n) is 5.74. The normalized spacial score (nSPS) is 17.1. The van der Waals surface area contributed by atoms with Gasteiger partial charge in [-0.2, -0.15) is 0 Å². The van der Waals surface area contributed by atoms with Gasteiger partial charge in [-0.05, 0) is 73.2 Å². The first-order valence-corrected chi connectivity index (χ1v) is 15.0. The van der Waals surface area contributed by atoms with Crippen LogP contribution in [0.2, 0.25) is 5.02 Å². The lowest BCUT2D eigenvalue weighted by atomic mass is 9.89. The van der Waals surface area contributed by atoms with Gasteiger partial charge in [-0.3, -0.25) is 9.78 Å². The summed E-state index contributed by atoms with van der Waals surface area (Å²) in [5, 5.41) is 4.94. The maximum Gasteiger partial charge on any atom is 0.266 e. The summed E-state index contributed by atoms with van der Waals surface area (Å²) in [6, 6.07) is 29.9. The van der Waals surface area contributed by atoms with Crippen LogP contribution in [0.15, 0.2) is 97.3 Å². The van der Waals surface area contributed by atoms with Crippen LogP contribution in [0.1, 0.15) is 40.9 Å². The molecule has 1 aliphatic carbocycles. The van der Waals surface area contributed by atoms with E-state index in [0.29, 0.717) is 22.5 Å². The van der Waals surface area contributed by atoms with E-state index in [2.05, 4.69) is 69.8 Å². The first-order chi connectivity index (χ1) is 19.6. The Morgan fingerprint density at radius 1 is 0.900 bits per heavy atom. The highest BCUT2D eigenvalue weighted by Crippen LogP contribution is 2.37. The van der Waals surface area contributed by atoms with Gasteiger partial charge in [0.2, 0.25) is 0 Å². The van der Waals surface area contributed by atoms with Gasteiger partial charge in [-0.1, -0.05) is 78.3 Å². The van der Waals surface area contributed by atoms with Crippen molar-refractivity contribution in [3.63, 3.8) is 0 Å². The highest BCUT2D eigenvalue weighted by atomic mass is 35.5. The first kappa shape index (κ1) is 26.7. The van der Waals surface area contributed by atoms with Crippen LogP contribution in [0.4, 0.5) is 0 Å². The van der Waals surface area contributed by atoms with Crippen molar-refractivity contribution >= 4 is 38.9 Å².